The van der Waals surface area contributed by atoms with Gasteiger partial charge < -0.3 is 9.64 Å². The van der Waals surface area contributed by atoms with Gasteiger partial charge in [-0.15, -0.1) is 10.2 Å². The third-order valence-corrected chi connectivity index (χ3v) is 6.97. The summed E-state index contributed by atoms with van der Waals surface area (Å²) < 4.78 is 49.8. The molecule has 2 fully saturated rings. The maximum Gasteiger partial charge on any atom is 0.422 e. The number of fused-ring (bicyclic) bond motifs is 3. The van der Waals surface area contributed by atoms with E-state index in [1.54, 1.807) is 18.5 Å². The number of nitrogens with zero attached hydrogens (tertiary/aromatic N) is 5. The second-order valence-electron chi connectivity index (χ2n) is 8.94. The van der Waals surface area contributed by atoms with E-state index in [0.29, 0.717) is 56.6 Å². The van der Waals surface area contributed by atoms with E-state index in [4.69, 9.17) is 4.74 Å². The zero-order valence-corrected chi connectivity index (χ0v) is 16.9. The lowest BCUT2D eigenvalue weighted by Crippen LogP contribution is -2.44. The van der Waals surface area contributed by atoms with Crippen LogP contribution in [0.1, 0.15) is 42.6 Å². The molecule has 31 heavy (non-hydrogen) atoms. The van der Waals surface area contributed by atoms with Crippen LogP contribution in [0.2, 0.25) is 0 Å². The van der Waals surface area contributed by atoms with Crippen molar-refractivity contribution in [3.8, 4) is 5.88 Å². The average Bonchev–Trinajstić information content (AvgIpc) is 3.39. The van der Waals surface area contributed by atoms with Crippen molar-refractivity contribution in [2.45, 2.75) is 43.7 Å². The van der Waals surface area contributed by atoms with Crippen molar-refractivity contribution in [2.24, 2.45) is 5.92 Å². The molecule has 2 aliphatic heterocycles. The number of alkyl halides is 3. The second-order valence-corrected chi connectivity index (χ2v) is 8.94. The maximum absolute atomic E-state index is 14.2. The summed E-state index contributed by atoms with van der Waals surface area (Å²) in [6, 6.07) is 5.49. The first-order valence-electron chi connectivity index (χ1n) is 10.7. The first-order valence-corrected chi connectivity index (χ1v) is 10.7. The van der Waals surface area contributed by atoms with Crippen molar-refractivity contribution < 1.29 is 17.9 Å². The first kappa shape index (κ1) is 18.9. The molecular weight excluding hydrogens is 407 g/mol. The van der Waals surface area contributed by atoms with Crippen LogP contribution < -0.4 is 9.64 Å². The van der Waals surface area contributed by atoms with E-state index >= 15 is 0 Å². The Hall–Kier alpha value is -2.84. The van der Waals surface area contributed by atoms with E-state index in [0.717, 1.165) is 18.4 Å². The molecule has 0 aromatic carbocycles. The highest BCUT2D eigenvalue weighted by Gasteiger charge is 2.45. The molecule has 0 bridgehead atoms. The van der Waals surface area contributed by atoms with E-state index in [2.05, 4.69) is 15.2 Å². The predicted molar refractivity (Wildman–Crippen MR) is 107 cm³/mol. The second kappa shape index (κ2) is 6.58. The van der Waals surface area contributed by atoms with Gasteiger partial charge in [0.2, 0.25) is 5.88 Å². The van der Waals surface area contributed by atoms with Gasteiger partial charge in [-0.05, 0) is 43.7 Å². The van der Waals surface area contributed by atoms with Crippen LogP contribution in [0.4, 0.5) is 18.9 Å². The molecule has 3 aliphatic rings. The predicted octanol–water partition coefficient (Wildman–Crippen LogP) is 4.03. The van der Waals surface area contributed by atoms with Gasteiger partial charge in [0.25, 0.3) is 0 Å². The smallest absolute Gasteiger partial charge is 0.422 e. The minimum Gasteiger partial charge on any atom is -0.476 e. The number of ether oxygens (including phenoxy) is 1. The van der Waals surface area contributed by atoms with Gasteiger partial charge in [0.1, 0.15) is 11.4 Å². The van der Waals surface area contributed by atoms with Crippen LogP contribution in [0, 0.1) is 5.92 Å². The van der Waals surface area contributed by atoms with Crippen molar-refractivity contribution >= 4 is 11.3 Å². The molecule has 1 saturated carbocycles. The number of pyridine rings is 2. The van der Waals surface area contributed by atoms with Gasteiger partial charge in [-0.1, -0.05) is 6.07 Å². The van der Waals surface area contributed by atoms with E-state index in [-0.39, 0.29) is 16.7 Å². The SMILES string of the molecule is FC(F)(F)c1c(N2CCC3(CC2)COc2ncccc23)ccn2c(CC3CC3)nnc12. The zero-order valence-electron chi connectivity index (χ0n) is 16.9. The number of piperidine rings is 1. The fourth-order valence-electron chi connectivity index (χ4n) is 5.03. The van der Waals surface area contributed by atoms with Gasteiger partial charge in [0, 0.05) is 42.9 Å². The quantitative estimate of drug-likeness (QED) is 0.629. The summed E-state index contributed by atoms with van der Waals surface area (Å²) >= 11 is 0. The van der Waals surface area contributed by atoms with Gasteiger partial charge in [-0.25, -0.2) is 4.98 Å². The maximum atomic E-state index is 14.2. The summed E-state index contributed by atoms with van der Waals surface area (Å²) in [6.45, 7) is 1.56. The highest BCUT2D eigenvalue weighted by atomic mass is 19.4. The van der Waals surface area contributed by atoms with Gasteiger partial charge >= 0.3 is 6.18 Å². The molecule has 6 rings (SSSR count). The van der Waals surface area contributed by atoms with E-state index in [1.165, 1.54) is 4.40 Å². The monoisotopic (exact) mass is 429 g/mol. The molecule has 0 N–H and O–H groups in total. The molecule has 1 aliphatic carbocycles. The van der Waals surface area contributed by atoms with Gasteiger partial charge in [0.15, 0.2) is 5.65 Å². The number of hydrogen-bond acceptors (Lipinski definition) is 5. The van der Waals surface area contributed by atoms with Gasteiger partial charge in [-0.3, -0.25) is 4.40 Å². The van der Waals surface area contributed by atoms with Crippen molar-refractivity contribution in [1.29, 1.82) is 0 Å². The normalized spacial score (nSPS) is 20.3. The van der Waals surface area contributed by atoms with Crippen LogP contribution in [0.15, 0.2) is 30.6 Å². The summed E-state index contributed by atoms with van der Waals surface area (Å²) in [6.07, 6.45) is 3.21. The number of hydrogen-bond donors (Lipinski definition) is 0. The lowest BCUT2D eigenvalue weighted by Gasteiger charge is -2.40. The fraction of sp³-hybridized carbons (Fsp3) is 0.500. The van der Waals surface area contributed by atoms with Crippen molar-refractivity contribution in [2.75, 3.05) is 24.6 Å². The minimum absolute atomic E-state index is 0.0975. The molecular formula is C22H22F3N5O. The van der Waals surface area contributed by atoms with Crippen LogP contribution in [0.5, 0.6) is 5.88 Å². The molecule has 9 heteroatoms. The average molecular weight is 429 g/mol. The van der Waals surface area contributed by atoms with Gasteiger partial charge in [-0.2, -0.15) is 13.2 Å². The topological polar surface area (TPSA) is 55.5 Å². The fourth-order valence-corrected chi connectivity index (χ4v) is 5.03. The van der Waals surface area contributed by atoms with Crippen LogP contribution in [0.25, 0.3) is 5.65 Å². The Labute approximate surface area is 177 Å². The van der Waals surface area contributed by atoms with Crippen LogP contribution >= 0.6 is 0 Å². The summed E-state index contributed by atoms with van der Waals surface area (Å²) in [4.78, 5) is 6.12. The number of aromatic nitrogens is 4. The number of anilines is 1. The van der Waals surface area contributed by atoms with Crippen molar-refractivity contribution in [3.05, 3.63) is 47.5 Å². The van der Waals surface area contributed by atoms with E-state index < -0.39 is 11.7 Å². The number of halogens is 3. The summed E-state index contributed by atoms with van der Waals surface area (Å²) in [5, 5.41) is 8.05. The van der Waals surface area contributed by atoms with Crippen LogP contribution in [-0.4, -0.2) is 39.3 Å². The first-order chi connectivity index (χ1) is 14.9. The van der Waals surface area contributed by atoms with Crippen molar-refractivity contribution in [3.63, 3.8) is 0 Å². The molecule has 0 radical (unpaired) electrons. The summed E-state index contributed by atoms with van der Waals surface area (Å²) in [5.41, 5.74) is 0.299. The Morgan fingerprint density at radius 2 is 1.94 bits per heavy atom. The Bertz CT molecular complexity index is 1150. The molecule has 1 spiro atoms. The number of rotatable bonds is 3. The van der Waals surface area contributed by atoms with Gasteiger partial charge in [0.05, 0.1) is 12.3 Å². The lowest BCUT2D eigenvalue weighted by atomic mass is 9.75. The Morgan fingerprint density at radius 3 is 2.68 bits per heavy atom. The Balaban J connectivity index is 1.33. The van der Waals surface area contributed by atoms with Crippen molar-refractivity contribution in [1.82, 2.24) is 19.6 Å². The van der Waals surface area contributed by atoms with E-state index in [1.807, 2.05) is 17.0 Å². The zero-order chi connectivity index (χ0) is 21.2. The largest absolute Gasteiger partial charge is 0.476 e. The molecule has 0 unspecified atom stereocenters. The van der Waals surface area contributed by atoms with Crippen LogP contribution in [-0.2, 0) is 18.0 Å². The Kier molecular flexibility index (Phi) is 4.01. The summed E-state index contributed by atoms with van der Waals surface area (Å²) in [5.74, 6) is 1.78. The minimum atomic E-state index is -4.51. The lowest BCUT2D eigenvalue weighted by molar-refractivity contribution is -0.136. The molecule has 6 nitrogen and oxygen atoms in total. The molecule has 162 valence electrons. The molecule has 0 atom stereocenters. The molecule has 1 saturated heterocycles. The summed E-state index contributed by atoms with van der Waals surface area (Å²) in [7, 11) is 0. The van der Waals surface area contributed by atoms with E-state index in [9.17, 15) is 13.2 Å². The molecule has 3 aromatic heterocycles. The molecule has 3 aromatic rings. The Morgan fingerprint density at radius 1 is 1.13 bits per heavy atom. The highest BCUT2D eigenvalue weighted by molar-refractivity contribution is 5.67. The van der Waals surface area contributed by atoms with Crippen LogP contribution in [0.3, 0.4) is 0 Å². The standard InChI is InChI=1S/C22H22F3N5O/c23-22(24,25)18-16(5-9-30-17(12-14-3-4-14)27-28-19(18)30)29-10-6-21(7-11-29)13-31-20-15(21)2-1-8-26-20/h1-2,5,8-9,14H,3-4,6-7,10-13H2. The third kappa shape index (κ3) is 3.04. The third-order valence-electron chi connectivity index (χ3n) is 6.97. The highest BCUT2D eigenvalue weighted by Crippen LogP contribution is 2.46. The molecule has 5 heterocycles. The molecule has 0 amide bonds.